The van der Waals surface area contributed by atoms with Crippen molar-refractivity contribution >= 4 is 17.5 Å². The minimum atomic E-state index is 0.224. The van der Waals surface area contributed by atoms with Crippen LogP contribution in [0.3, 0.4) is 0 Å². The number of hydrogen-bond donors (Lipinski definition) is 0. The van der Waals surface area contributed by atoms with Crippen LogP contribution in [0.4, 0.5) is 5.69 Å². The van der Waals surface area contributed by atoms with Gasteiger partial charge in [0.05, 0.1) is 17.4 Å². The van der Waals surface area contributed by atoms with Crippen molar-refractivity contribution in [3.63, 3.8) is 0 Å². The van der Waals surface area contributed by atoms with Gasteiger partial charge in [0.15, 0.2) is 0 Å². The second-order valence-electron chi connectivity index (χ2n) is 10.4. The van der Waals surface area contributed by atoms with Gasteiger partial charge in [0.2, 0.25) is 0 Å². The summed E-state index contributed by atoms with van der Waals surface area (Å²) < 4.78 is 0. The van der Waals surface area contributed by atoms with Gasteiger partial charge in [-0.15, -0.1) is 0 Å². The van der Waals surface area contributed by atoms with E-state index >= 15 is 0 Å². The molecule has 194 valence electrons. The number of para-hydroxylation sites is 1. The smallest absolute Gasteiger partial charge is 0.0831 e. The molecular weight excluding hydrogens is 448 g/mol. The quantitative estimate of drug-likeness (QED) is 0.204. The van der Waals surface area contributed by atoms with Crippen LogP contribution in [0, 0.1) is 0 Å². The molecule has 0 amide bonds. The number of allylic oxidation sites excluding steroid dienone is 1. The second kappa shape index (κ2) is 14.6. The maximum atomic E-state index is 5.06. The largest absolute Gasteiger partial charge is 0.257 e. The fourth-order valence-corrected chi connectivity index (χ4v) is 5.12. The molecule has 0 aliphatic carbocycles. The van der Waals surface area contributed by atoms with Crippen LogP contribution in [0.2, 0.25) is 0 Å². The molecule has 3 aromatic carbocycles. The molecule has 0 saturated heterocycles. The predicted octanol–water partition coefficient (Wildman–Crippen LogP) is 9.95. The van der Waals surface area contributed by atoms with Gasteiger partial charge in [0.1, 0.15) is 0 Å². The van der Waals surface area contributed by atoms with Gasteiger partial charge in [-0.05, 0) is 66.1 Å². The normalized spacial score (nSPS) is 15.5. The van der Waals surface area contributed by atoms with Crippen LogP contribution in [0.15, 0.2) is 90.0 Å². The summed E-state index contributed by atoms with van der Waals surface area (Å²) in [6.45, 7) is 4.54. The van der Waals surface area contributed by atoms with Crippen molar-refractivity contribution in [1.29, 1.82) is 0 Å². The number of aryl methyl sites for hydroxylation is 2. The highest BCUT2D eigenvalue weighted by Gasteiger charge is 2.28. The van der Waals surface area contributed by atoms with Crippen LogP contribution in [-0.2, 0) is 12.8 Å². The van der Waals surface area contributed by atoms with E-state index in [1.54, 1.807) is 0 Å². The zero-order chi connectivity index (χ0) is 25.7. The Balaban J connectivity index is 1.42. The lowest BCUT2D eigenvalue weighted by Crippen LogP contribution is -2.18. The van der Waals surface area contributed by atoms with Gasteiger partial charge in [0, 0.05) is 6.42 Å². The van der Waals surface area contributed by atoms with E-state index in [-0.39, 0.29) is 6.04 Å². The first-order chi connectivity index (χ1) is 18.3. The average molecular weight is 493 g/mol. The zero-order valence-corrected chi connectivity index (χ0v) is 22.9. The van der Waals surface area contributed by atoms with Crippen molar-refractivity contribution < 1.29 is 0 Å². The van der Waals surface area contributed by atoms with E-state index in [2.05, 4.69) is 110 Å². The summed E-state index contributed by atoms with van der Waals surface area (Å²) in [5.74, 6) is 0. The summed E-state index contributed by atoms with van der Waals surface area (Å²) in [4.78, 5) is 0. The van der Waals surface area contributed by atoms with E-state index in [4.69, 9.17) is 5.10 Å². The molecule has 0 bridgehead atoms. The van der Waals surface area contributed by atoms with E-state index in [9.17, 15) is 0 Å². The molecule has 0 radical (unpaired) electrons. The third-order valence-corrected chi connectivity index (χ3v) is 7.41. The Morgan fingerprint density at radius 2 is 1.27 bits per heavy atom. The highest BCUT2D eigenvalue weighted by molar-refractivity contribution is 6.01. The van der Waals surface area contributed by atoms with E-state index < -0.39 is 0 Å². The van der Waals surface area contributed by atoms with E-state index in [0.717, 1.165) is 17.8 Å². The lowest BCUT2D eigenvalue weighted by molar-refractivity contribution is 0.666. The second-order valence-corrected chi connectivity index (χ2v) is 10.4. The van der Waals surface area contributed by atoms with E-state index in [1.165, 1.54) is 86.5 Å². The average Bonchev–Trinajstić information content (AvgIpc) is 3.38. The van der Waals surface area contributed by atoms with Crippen LogP contribution in [0.1, 0.15) is 99.9 Å². The predicted molar refractivity (Wildman–Crippen MR) is 161 cm³/mol. The molecule has 0 spiro atoms. The summed E-state index contributed by atoms with van der Waals surface area (Å²) in [6.07, 6.45) is 18.2. The molecule has 1 atom stereocenters. The first-order valence-corrected chi connectivity index (χ1v) is 14.5. The molecule has 3 aromatic rings. The number of hydrazone groups is 1. The Labute approximate surface area is 225 Å². The van der Waals surface area contributed by atoms with Gasteiger partial charge in [-0.3, -0.25) is 5.01 Å². The SMILES string of the molecule is CCCCCCc1ccc(C=CC2=NN(c3ccccc3)C(c3ccc(CCCCCC)cc3)C2)cc1. The first-order valence-electron chi connectivity index (χ1n) is 14.5. The number of anilines is 1. The third-order valence-electron chi connectivity index (χ3n) is 7.41. The number of rotatable bonds is 14. The Kier molecular flexibility index (Phi) is 10.6. The summed E-state index contributed by atoms with van der Waals surface area (Å²) in [7, 11) is 0. The Morgan fingerprint density at radius 1 is 0.676 bits per heavy atom. The monoisotopic (exact) mass is 492 g/mol. The topological polar surface area (TPSA) is 15.6 Å². The lowest BCUT2D eigenvalue weighted by Gasteiger charge is -2.24. The van der Waals surface area contributed by atoms with Crippen molar-refractivity contribution in [2.24, 2.45) is 5.10 Å². The molecule has 0 aromatic heterocycles. The van der Waals surface area contributed by atoms with E-state index in [1.807, 2.05) is 0 Å². The molecule has 1 aliphatic heterocycles. The molecule has 1 unspecified atom stereocenters. The summed E-state index contributed by atoms with van der Waals surface area (Å²) in [6, 6.07) is 29.1. The van der Waals surface area contributed by atoms with Gasteiger partial charge < -0.3 is 0 Å². The molecule has 4 rings (SSSR count). The van der Waals surface area contributed by atoms with Gasteiger partial charge >= 0.3 is 0 Å². The highest BCUT2D eigenvalue weighted by Crippen LogP contribution is 2.35. The van der Waals surface area contributed by atoms with Crippen LogP contribution < -0.4 is 5.01 Å². The Bertz CT molecular complexity index is 1110. The molecular formula is C35H44N2. The molecule has 1 aliphatic rings. The van der Waals surface area contributed by atoms with Crippen molar-refractivity contribution in [1.82, 2.24) is 0 Å². The van der Waals surface area contributed by atoms with Gasteiger partial charge in [-0.2, -0.15) is 5.10 Å². The summed E-state index contributed by atoms with van der Waals surface area (Å²) in [5, 5.41) is 7.27. The van der Waals surface area contributed by atoms with Crippen molar-refractivity contribution in [2.75, 3.05) is 5.01 Å². The molecule has 37 heavy (non-hydrogen) atoms. The Morgan fingerprint density at radius 3 is 1.86 bits per heavy atom. The first kappa shape index (κ1) is 26.9. The van der Waals surface area contributed by atoms with Crippen LogP contribution in [0.5, 0.6) is 0 Å². The zero-order valence-electron chi connectivity index (χ0n) is 22.9. The molecule has 2 nitrogen and oxygen atoms in total. The molecule has 0 saturated carbocycles. The van der Waals surface area contributed by atoms with Crippen LogP contribution >= 0.6 is 0 Å². The number of unbranched alkanes of at least 4 members (excludes halogenated alkanes) is 6. The van der Waals surface area contributed by atoms with Gasteiger partial charge in [-0.1, -0.05) is 125 Å². The van der Waals surface area contributed by atoms with Gasteiger partial charge in [0.25, 0.3) is 0 Å². The highest BCUT2D eigenvalue weighted by atomic mass is 15.5. The molecule has 1 heterocycles. The molecule has 0 fully saturated rings. The standard InChI is InChI=1S/C35H44N2/c1-3-5-7-10-14-29-18-20-31(21-19-29)24-27-33-28-35(37(36-33)34-16-12-9-13-17-34)32-25-22-30(23-26-32)15-11-8-6-4-2/h9,12-13,16-27,35H,3-8,10-11,14-15,28H2,1-2H3. The maximum Gasteiger partial charge on any atom is 0.0831 e. The van der Waals surface area contributed by atoms with E-state index in [0.29, 0.717) is 0 Å². The molecule has 2 heteroatoms. The van der Waals surface area contributed by atoms with Gasteiger partial charge in [-0.25, -0.2) is 0 Å². The van der Waals surface area contributed by atoms with Crippen molar-refractivity contribution in [3.8, 4) is 0 Å². The number of nitrogens with zero attached hydrogens (tertiary/aromatic N) is 2. The van der Waals surface area contributed by atoms with Crippen LogP contribution in [-0.4, -0.2) is 5.71 Å². The minimum absolute atomic E-state index is 0.224. The summed E-state index contributed by atoms with van der Waals surface area (Å²) >= 11 is 0. The fraction of sp³-hybridized carbons (Fsp3) is 0.400. The fourth-order valence-electron chi connectivity index (χ4n) is 5.12. The summed E-state index contributed by atoms with van der Waals surface area (Å²) in [5.41, 5.74) is 7.73. The molecule has 0 N–H and O–H groups in total. The Hall–Kier alpha value is -3.13. The van der Waals surface area contributed by atoms with Crippen molar-refractivity contribution in [2.45, 2.75) is 90.5 Å². The number of hydrogen-bond acceptors (Lipinski definition) is 2. The lowest BCUT2D eigenvalue weighted by atomic mass is 9.98. The maximum absolute atomic E-state index is 5.06. The van der Waals surface area contributed by atoms with Crippen molar-refractivity contribution in [3.05, 3.63) is 107 Å². The minimum Gasteiger partial charge on any atom is -0.257 e. The van der Waals surface area contributed by atoms with Crippen LogP contribution in [0.25, 0.3) is 6.08 Å². The third kappa shape index (κ3) is 8.18. The number of benzene rings is 3.